The van der Waals surface area contributed by atoms with Crippen LogP contribution in [-0.2, 0) is 6.18 Å². The molecule has 1 unspecified atom stereocenters. The molecule has 0 amide bonds. The van der Waals surface area contributed by atoms with Crippen LogP contribution < -0.4 is 0 Å². The first-order chi connectivity index (χ1) is 18.0. The number of hydrogen-bond donors (Lipinski definition) is 1. The number of fused-ring (bicyclic) bond motifs is 1. The molecule has 4 heterocycles. The van der Waals surface area contributed by atoms with E-state index in [-0.39, 0.29) is 16.6 Å². The number of halogens is 4. The maximum atomic E-state index is 15.1. The van der Waals surface area contributed by atoms with Crippen molar-refractivity contribution >= 4 is 17.0 Å². The summed E-state index contributed by atoms with van der Waals surface area (Å²) in [5, 5.41) is 13.4. The van der Waals surface area contributed by atoms with E-state index in [1.54, 1.807) is 39.0 Å². The van der Waals surface area contributed by atoms with Gasteiger partial charge >= 0.3 is 12.1 Å². The molecule has 1 aromatic carbocycles. The van der Waals surface area contributed by atoms with Gasteiger partial charge in [0, 0.05) is 34.6 Å². The van der Waals surface area contributed by atoms with Gasteiger partial charge in [0.2, 0.25) is 0 Å². The molecular formula is C27H20F4N4O3. The summed E-state index contributed by atoms with van der Waals surface area (Å²) in [7, 11) is 0. The summed E-state index contributed by atoms with van der Waals surface area (Å²) in [6.45, 7) is 4.92. The number of carbonyl (C=O) groups is 1. The number of aromatic nitrogens is 4. The zero-order chi connectivity index (χ0) is 27.4. The Bertz CT molecular complexity index is 1670. The van der Waals surface area contributed by atoms with Gasteiger partial charge in [0.1, 0.15) is 17.3 Å². The third-order valence-corrected chi connectivity index (χ3v) is 6.42. The van der Waals surface area contributed by atoms with Crippen LogP contribution in [0.15, 0.2) is 59.4 Å². The molecule has 5 rings (SSSR count). The van der Waals surface area contributed by atoms with Crippen LogP contribution in [0.5, 0.6) is 0 Å². The summed E-state index contributed by atoms with van der Waals surface area (Å²) in [4.78, 5) is 20.2. The number of aromatic carboxylic acids is 1. The first kappa shape index (κ1) is 25.1. The minimum absolute atomic E-state index is 0.0584. The van der Waals surface area contributed by atoms with Gasteiger partial charge in [-0.05, 0) is 57.2 Å². The SMILES string of the molecule is Cc1noc(C)c1-c1cnc2c(-c3cc(C(=O)O)ccc3F)c(C(F)(F)F)n(C(C)c3ccccn3)c2c1. The van der Waals surface area contributed by atoms with Crippen LogP contribution >= 0.6 is 0 Å². The molecule has 7 nitrogen and oxygen atoms in total. The molecule has 1 atom stereocenters. The normalized spacial score (nSPS) is 12.7. The predicted octanol–water partition coefficient (Wildman–Crippen LogP) is 6.84. The average Bonchev–Trinajstić information content (AvgIpc) is 3.40. The minimum atomic E-state index is -4.96. The second-order valence-electron chi connectivity index (χ2n) is 8.81. The molecule has 0 aliphatic carbocycles. The van der Waals surface area contributed by atoms with Crippen molar-refractivity contribution in [2.75, 3.05) is 0 Å². The first-order valence-corrected chi connectivity index (χ1v) is 11.5. The van der Waals surface area contributed by atoms with E-state index in [4.69, 9.17) is 4.52 Å². The molecule has 4 aromatic heterocycles. The molecule has 38 heavy (non-hydrogen) atoms. The number of benzene rings is 1. The van der Waals surface area contributed by atoms with Crippen LogP contribution in [0.3, 0.4) is 0 Å². The van der Waals surface area contributed by atoms with Crippen molar-refractivity contribution < 1.29 is 32.0 Å². The third-order valence-electron chi connectivity index (χ3n) is 6.42. The van der Waals surface area contributed by atoms with Crippen LogP contribution in [0.1, 0.15) is 46.2 Å². The molecule has 1 N–H and O–H groups in total. The van der Waals surface area contributed by atoms with Crippen LogP contribution in [0, 0.1) is 19.7 Å². The largest absolute Gasteiger partial charge is 0.478 e. The summed E-state index contributed by atoms with van der Waals surface area (Å²) in [5.74, 6) is -1.96. The van der Waals surface area contributed by atoms with Crippen molar-refractivity contribution in [3.63, 3.8) is 0 Å². The van der Waals surface area contributed by atoms with Crippen molar-refractivity contribution in [2.24, 2.45) is 0 Å². The molecule has 0 bridgehead atoms. The molecule has 0 aliphatic rings. The van der Waals surface area contributed by atoms with Gasteiger partial charge in [-0.15, -0.1) is 0 Å². The number of rotatable bonds is 5. The summed E-state index contributed by atoms with van der Waals surface area (Å²) in [6, 6.07) is 8.18. The Balaban J connectivity index is 1.93. The van der Waals surface area contributed by atoms with Crippen LogP contribution in [0.25, 0.3) is 33.3 Å². The van der Waals surface area contributed by atoms with E-state index < -0.39 is 40.8 Å². The lowest BCUT2D eigenvalue weighted by Crippen LogP contribution is -2.19. The van der Waals surface area contributed by atoms with E-state index in [1.165, 1.54) is 18.5 Å². The molecule has 194 valence electrons. The Morgan fingerprint density at radius 3 is 2.45 bits per heavy atom. The van der Waals surface area contributed by atoms with Crippen molar-refractivity contribution in [1.29, 1.82) is 0 Å². The summed E-state index contributed by atoms with van der Waals surface area (Å²) in [6.07, 6.45) is -2.13. The Hall–Kier alpha value is -4.54. The van der Waals surface area contributed by atoms with Gasteiger partial charge in [-0.1, -0.05) is 11.2 Å². The zero-order valence-corrected chi connectivity index (χ0v) is 20.3. The van der Waals surface area contributed by atoms with Gasteiger partial charge in [-0.2, -0.15) is 13.2 Å². The minimum Gasteiger partial charge on any atom is -0.478 e. The quantitative estimate of drug-likeness (QED) is 0.253. The molecular weight excluding hydrogens is 504 g/mol. The van der Waals surface area contributed by atoms with E-state index in [0.717, 1.165) is 22.8 Å². The number of carboxylic acid groups (broad SMARTS) is 1. The second-order valence-corrected chi connectivity index (χ2v) is 8.81. The highest BCUT2D eigenvalue weighted by Gasteiger charge is 2.42. The molecule has 11 heteroatoms. The van der Waals surface area contributed by atoms with Gasteiger partial charge in [0.25, 0.3) is 0 Å². The lowest BCUT2D eigenvalue weighted by Gasteiger charge is -2.21. The van der Waals surface area contributed by atoms with E-state index in [1.807, 2.05) is 0 Å². The van der Waals surface area contributed by atoms with Crippen LogP contribution in [0.2, 0.25) is 0 Å². The number of hydrogen-bond acceptors (Lipinski definition) is 5. The van der Waals surface area contributed by atoms with Gasteiger partial charge in [-0.3, -0.25) is 9.97 Å². The second kappa shape index (κ2) is 9.09. The smallest absolute Gasteiger partial charge is 0.432 e. The Morgan fingerprint density at radius 1 is 1.08 bits per heavy atom. The third kappa shape index (κ3) is 4.09. The van der Waals surface area contributed by atoms with Crippen molar-refractivity contribution in [3.05, 3.63) is 89.1 Å². The fourth-order valence-electron chi connectivity index (χ4n) is 4.76. The van der Waals surface area contributed by atoms with Gasteiger partial charge in [0.15, 0.2) is 0 Å². The van der Waals surface area contributed by atoms with Gasteiger partial charge < -0.3 is 14.2 Å². The topological polar surface area (TPSA) is 94.0 Å². The van der Waals surface area contributed by atoms with Crippen molar-refractivity contribution in [3.8, 4) is 22.3 Å². The highest BCUT2D eigenvalue weighted by molar-refractivity contribution is 5.99. The van der Waals surface area contributed by atoms with Crippen molar-refractivity contribution in [1.82, 2.24) is 19.7 Å². The van der Waals surface area contributed by atoms with E-state index in [9.17, 15) is 23.1 Å². The number of nitrogens with zero attached hydrogens (tertiary/aromatic N) is 4. The summed E-state index contributed by atoms with van der Waals surface area (Å²) < 4.78 is 66.0. The van der Waals surface area contributed by atoms with Crippen LogP contribution in [-0.4, -0.2) is 30.8 Å². The molecule has 0 fully saturated rings. The Morgan fingerprint density at radius 2 is 1.84 bits per heavy atom. The van der Waals surface area contributed by atoms with E-state index in [2.05, 4.69) is 15.1 Å². The Kier molecular flexibility index (Phi) is 6.01. The number of carboxylic acids is 1. The maximum Gasteiger partial charge on any atom is 0.432 e. The predicted molar refractivity (Wildman–Crippen MR) is 130 cm³/mol. The van der Waals surface area contributed by atoms with E-state index in [0.29, 0.717) is 28.3 Å². The molecule has 0 saturated carbocycles. The zero-order valence-electron chi connectivity index (χ0n) is 20.3. The number of aryl methyl sites for hydroxylation is 2. The molecule has 5 aromatic rings. The first-order valence-electron chi connectivity index (χ1n) is 11.5. The lowest BCUT2D eigenvalue weighted by atomic mass is 10.00. The van der Waals surface area contributed by atoms with Gasteiger partial charge in [0.05, 0.1) is 34.0 Å². The standard InChI is InChI=1S/C27H20F4N4O3/c1-13-22(15(3)38-34-13)17-11-21-24(33-12-17)23(18-10-16(26(36)37)7-8-19(18)28)25(27(29,30)31)35(21)14(2)20-6-4-5-9-32-20/h4-12,14H,1-3H3,(H,36,37). The van der Waals surface area contributed by atoms with Crippen LogP contribution in [0.4, 0.5) is 17.6 Å². The van der Waals surface area contributed by atoms with E-state index >= 15 is 4.39 Å². The molecule has 0 aliphatic heterocycles. The average molecular weight is 524 g/mol. The van der Waals surface area contributed by atoms with Crippen molar-refractivity contribution in [2.45, 2.75) is 33.0 Å². The monoisotopic (exact) mass is 524 g/mol. The highest BCUT2D eigenvalue weighted by Crippen LogP contribution is 2.46. The Labute approximate surface area is 213 Å². The summed E-state index contributed by atoms with van der Waals surface area (Å²) in [5.41, 5.74) is -0.795. The molecule has 0 spiro atoms. The lowest BCUT2D eigenvalue weighted by molar-refractivity contribution is -0.143. The van der Waals surface area contributed by atoms with Gasteiger partial charge in [-0.25, -0.2) is 9.18 Å². The fourth-order valence-corrected chi connectivity index (χ4v) is 4.76. The summed E-state index contributed by atoms with van der Waals surface area (Å²) >= 11 is 0. The fraction of sp³-hybridized carbons (Fsp3) is 0.185. The molecule has 0 saturated heterocycles. The molecule has 0 radical (unpaired) electrons. The maximum absolute atomic E-state index is 15.1. The number of pyridine rings is 2. The number of alkyl halides is 3. The highest BCUT2D eigenvalue weighted by atomic mass is 19.4.